The van der Waals surface area contributed by atoms with E-state index in [0.717, 1.165) is 15.8 Å². The van der Waals surface area contributed by atoms with E-state index in [1.54, 1.807) is 24.4 Å². The van der Waals surface area contributed by atoms with Gasteiger partial charge in [-0.2, -0.15) is 4.31 Å². The topological polar surface area (TPSA) is 66.7 Å². The molecule has 0 aliphatic carbocycles. The molecule has 2 aromatic carbocycles. The van der Waals surface area contributed by atoms with Gasteiger partial charge in [0.05, 0.1) is 17.6 Å². The van der Waals surface area contributed by atoms with Crippen LogP contribution >= 0.6 is 15.9 Å². The number of piperazine rings is 1. The SMILES string of the molecule is O=S(=O)(c1cccc(Br)c1)N1CCN(Cc2ncc(-c3ccccc3)o2)CC1. The van der Waals surface area contributed by atoms with Crippen LogP contribution in [0.5, 0.6) is 0 Å². The molecule has 28 heavy (non-hydrogen) atoms. The Morgan fingerprint density at radius 1 is 1.00 bits per heavy atom. The molecule has 0 N–H and O–H groups in total. The van der Waals surface area contributed by atoms with Crippen molar-refractivity contribution in [2.75, 3.05) is 26.2 Å². The molecule has 0 bridgehead atoms. The van der Waals surface area contributed by atoms with Crippen LogP contribution in [-0.4, -0.2) is 48.8 Å². The lowest BCUT2D eigenvalue weighted by molar-refractivity contribution is 0.168. The lowest BCUT2D eigenvalue weighted by Crippen LogP contribution is -2.48. The molecular weight excluding hydrogens is 442 g/mol. The molecule has 1 fully saturated rings. The van der Waals surface area contributed by atoms with E-state index in [9.17, 15) is 8.42 Å². The van der Waals surface area contributed by atoms with E-state index in [4.69, 9.17) is 4.42 Å². The Hall–Kier alpha value is -2.00. The number of nitrogens with zero attached hydrogens (tertiary/aromatic N) is 3. The van der Waals surface area contributed by atoms with Gasteiger partial charge in [0.2, 0.25) is 15.9 Å². The molecule has 6 nitrogen and oxygen atoms in total. The largest absolute Gasteiger partial charge is 0.439 e. The Bertz CT molecular complexity index is 1050. The average molecular weight is 462 g/mol. The average Bonchev–Trinajstić information content (AvgIpc) is 3.18. The maximum Gasteiger partial charge on any atom is 0.243 e. The van der Waals surface area contributed by atoms with Gasteiger partial charge in [0.15, 0.2) is 5.76 Å². The monoisotopic (exact) mass is 461 g/mol. The van der Waals surface area contributed by atoms with Crippen LogP contribution < -0.4 is 0 Å². The van der Waals surface area contributed by atoms with E-state index in [-0.39, 0.29) is 0 Å². The molecule has 146 valence electrons. The van der Waals surface area contributed by atoms with E-state index in [2.05, 4.69) is 25.8 Å². The summed E-state index contributed by atoms with van der Waals surface area (Å²) in [6.45, 7) is 2.73. The molecule has 1 saturated heterocycles. The van der Waals surface area contributed by atoms with Crippen LogP contribution in [0.15, 0.2) is 74.6 Å². The molecule has 0 amide bonds. The van der Waals surface area contributed by atoms with Gasteiger partial charge in [0, 0.05) is 36.2 Å². The van der Waals surface area contributed by atoms with Crippen molar-refractivity contribution in [1.29, 1.82) is 0 Å². The fourth-order valence-corrected chi connectivity index (χ4v) is 5.23. The number of oxazole rings is 1. The highest BCUT2D eigenvalue weighted by Gasteiger charge is 2.29. The van der Waals surface area contributed by atoms with Crippen molar-refractivity contribution in [1.82, 2.24) is 14.2 Å². The van der Waals surface area contributed by atoms with Crippen molar-refractivity contribution < 1.29 is 12.8 Å². The molecular formula is C20H20BrN3O3S. The van der Waals surface area contributed by atoms with E-state index >= 15 is 0 Å². The smallest absolute Gasteiger partial charge is 0.243 e. The summed E-state index contributed by atoms with van der Waals surface area (Å²) in [4.78, 5) is 6.84. The summed E-state index contributed by atoms with van der Waals surface area (Å²) >= 11 is 3.34. The van der Waals surface area contributed by atoms with Gasteiger partial charge in [-0.15, -0.1) is 0 Å². The minimum atomic E-state index is -3.48. The molecule has 1 aliphatic rings. The molecule has 4 rings (SSSR count). The van der Waals surface area contributed by atoms with Crippen LogP contribution in [0.3, 0.4) is 0 Å². The second kappa shape index (κ2) is 8.16. The third kappa shape index (κ3) is 4.20. The number of hydrogen-bond donors (Lipinski definition) is 0. The van der Waals surface area contributed by atoms with Crippen LogP contribution in [0.2, 0.25) is 0 Å². The molecule has 0 atom stereocenters. The molecule has 1 aromatic heterocycles. The van der Waals surface area contributed by atoms with Gasteiger partial charge in [-0.3, -0.25) is 4.90 Å². The van der Waals surface area contributed by atoms with Crippen LogP contribution in [0.25, 0.3) is 11.3 Å². The first-order valence-corrected chi connectivity index (χ1v) is 11.2. The zero-order valence-corrected chi connectivity index (χ0v) is 17.6. The Morgan fingerprint density at radius 2 is 1.75 bits per heavy atom. The van der Waals surface area contributed by atoms with Gasteiger partial charge < -0.3 is 4.42 Å². The minimum absolute atomic E-state index is 0.315. The van der Waals surface area contributed by atoms with Crippen LogP contribution in [0.1, 0.15) is 5.89 Å². The summed E-state index contributed by atoms with van der Waals surface area (Å²) in [6.07, 6.45) is 1.73. The quantitative estimate of drug-likeness (QED) is 0.580. The van der Waals surface area contributed by atoms with Gasteiger partial charge in [-0.25, -0.2) is 13.4 Å². The van der Waals surface area contributed by atoms with Gasteiger partial charge in [-0.05, 0) is 18.2 Å². The lowest BCUT2D eigenvalue weighted by atomic mass is 10.2. The van der Waals surface area contributed by atoms with Crippen molar-refractivity contribution in [3.8, 4) is 11.3 Å². The summed E-state index contributed by atoms with van der Waals surface area (Å²) in [7, 11) is -3.48. The zero-order chi connectivity index (χ0) is 19.6. The number of hydrogen-bond acceptors (Lipinski definition) is 5. The molecule has 1 aliphatic heterocycles. The van der Waals surface area contributed by atoms with Gasteiger partial charge in [-0.1, -0.05) is 52.3 Å². The minimum Gasteiger partial charge on any atom is -0.439 e. The highest BCUT2D eigenvalue weighted by Crippen LogP contribution is 2.23. The number of halogens is 1. The third-order valence-electron chi connectivity index (χ3n) is 4.74. The van der Waals surface area contributed by atoms with Gasteiger partial charge >= 0.3 is 0 Å². The third-order valence-corrected chi connectivity index (χ3v) is 7.12. The predicted octanol–water partition coefficient (Wildman–Crippen LogP) is 3.61. The van der Waals surface area contributed by atoms with Crippen LogP contribution in [-0.2, 0) is 16.6 Å². The van der Waals surface area contributed by atoms with Crippen LogP contribution in [0.4, 0.5) is 0 Å². The lowest BCUT2D eigenvalue weighted by Gasteiger charge is -2.33. The standard InChI is InChI=1S/C20H20BrN3O3S/c21-17-7-4-8-18(13-17)28(25,26)24-11-9-23(10-12-24)15-20-22-14-19(27-20)16-5-2-1-3-6-16/h1-8,13-14H,9-12,15H2. The van der Waals surface area contributed by atoms with Crippen molar-refractivity contribution in [3.63, 3.8) is 0 Å². The van der Waals surface area contributed by atoms with E-state index in [1.165, 1.54) is 4.31 Å². The van der Waals surface area contributed by atoms with Gasteiger partial charge in [0.25, 0.3) is 0 Å². The van der Waals surface area contributed by atoms with Crippen LogP contribution in [0, 0.1) is 0 Å². The highest BCUT2D eigenvalue weighted by atomic mass is 79.9. The Morgan fingerprint density at radius 3 is 2.46 bits per heavy atom. The highest BCUT2D eigenvalue weighted by molar-refractivity contribution is 9.10. The molecule has 0 unspecified atom stereocenters. The molecule has 0 radical (unpaired) electrons. The summed E-state index contributed by atoms with van der Waals surface area (Å²) in [6, 6.07) is 16.7. The molecule has 2 heterocycles. The maximum absolute atomic E-state index is 12.8. The summed E-state index contributed by atoms with van der Waals surface area (Å²) in [5, 5.41) is 0. The van der Waals surface area contributed by atoms with Crippen molar-refractivity contribution in [3.05, 3.63) is 71.2 Å². The fourth-order valence-electron chi connectivity index (χ4n) is 3.22. The molecule has 8 heteroatoms. The summed E-state index contributed by atoms with van der Waals surface area (Å²) in [5.74, 6) is 1.38. The van der Waals surface area contributed by atoms with E-state index in [1.807, 2.05) is 36.4 Å². The summed E-state index contributed by atoms with van der Waals surface area (Å²) in [5.41, 5.74) is 0.992. The Balaban J connectivity index is 1.38. The van der Waals surface area contributed by atoms with E-state index in [0.29, 0.717) is 43.5 Å². The molecule has 0 saturated carbocycles. The number of aromatic nitrogens is 1. The number of rotatable bonds is 5. The second-order valence-electron chi connectivity index (χ2n) is 6.62. The van der Waals surface area contributed by atoms with Crippen molar-refractivity contribution >= 4 is 26.0 Å². The van der Waals surface area contributed by atoms with Gasteiger partial charge in [0.1, 0.15) is 0 Å². The first-order chi connectivity index (χ1) is 13.5. The molecule has 3 aromatic rings. The van der Waals surface area contributed by atoms with Crippen molar-refractivity contribution in [2.45, 2.75) is 11.4 Å². The predicted molar refractivity (Wildman–Crippen MR) is 110 cm³/mol. The number of sulfonamides is 1. The Labute approximate surface area is 173 Å². The second-order valence-corrected chi connectivity index (χ2v) is 9.48. The first-order valence-electron chi connectivity index (χ1n) is 9.00. The maximum atomic E-state index is 12.8. The molecule has 0 spiro atoms. The normalized spacial score (nSPS) is 16.3. The Kier molecular flexibility index (Phi) is 5.63. The zero-order valence-electron chi connectivity index (χ0n) is 15.2. The summed E-state index contributed by atoms with van der Waals surface area (Å²) < 4.78 is 33.8. The van der Waals surface area contributed by atoms with Crippen molar-refractivity contribution in [2.24, 2.45) is 0 Å². The fraction of sp³-hybridized carbons (Fsp3) is 0.250. The number of benzene rings is 2. The first kappa shape index (κ1) is 19.3. The van der Waals surface area contributed by atoms with E-state index < -0.39 is 10.0 Å².